The number of carbonyl (C=O) groups excluding carboxylic acids is 1. The van der Waals surface area contributed by atoms with E-state index in [1.165, 1.54) is 11.8 Å². The zero-order valence-electron chi connectivity index (χ0n) is 17.0. The number of nitrogens with one attached hydrogen (secondary N) is 1. The average molecular weight is 463 g/mol. The number of methoxy groups -OCH3 is 1. The monoisotopic (exact) mass is 462 g/mol. The molecule has 2 aromatic heterocycles. The molecule has 2 aromatic carbocycles. The Balaban J connectivity index is 1.43. The van der Waals surface area contributed by atoms with Gasteiger partial charge in [-0.15, -0.1) is 21.6 Å². The standard InChI is InChI=1S/C22H18N6O2S2/c1-30-17-10-8-16(9-11-17)25-27-21(15-5-4-12-23-13-15)28-26-20(29)14-31-22-24-18-6-2-3-7-19(18)32-22/h2-13H,14H2,1H3,(H,26,29)/b27-25?,28-21+. The Hall–Kier alpha value is -3.63. The summed E-state index contributed by atoms with van der Waals surface area (Å²) in [7, 11) is 1.60. The molecular formula is C22H18N6O2S2. The van der Waals surface area contributed by atoms with Crippen LogP contribution in [0, 0.1) is 0 Å². The molecule has 10 heteroatoms. The first-order valence-corrected chi connectivity index (χ1v) is 11.3. The van der Waals surface area contributed by atoms with Gasteiger partial charge in [0, 0.05) is 18.0 Å². The van der Waals surface area contributed by atoms with Crippen LogP contribution in [0.1, 0.15) is 5.56 Å². The summed E-state index contributed by atoms with van der Waals surface area (Å²) in [6.45, 7) is 0. The maximum Gasteiger partial charge on any atom is 0.250 e. The number of hydrogen-bond donors (Lipinski definition) is 1. The third-order valence-corrected chi connectivity index (χ3v) is 6.32. The van der Waals surface area contributed by atoms with Gasteiger partial charge >= 0.3 is 0 Å². The largest absolute Gasteiger partial charge is 0.497 e. The molecule has 0 unspecified atom stereocenters. The summed E-state index contributed by atoms with van der Waals surface area (Å²) in [5.41, 5.74) is 4.72. The number of ether oxygens (including phenoxy) is 1. The lowest BCUT2D eigenvalue weighted by molar-refractivity contribution is -0.118. The summed E-state index contributed by atoms with van der Waals surface area (Å²) >= 11 is 2.92. The first-order chi connectivity index (χ1) is 15.7. The van der Waals surface area contributed by atoms with Gasteiger partial charge in [-0.25, -0.2) is 10.4 Å². The molecule has 0 saturated carbocycles. The molecule has 1 amide bonds. The van der Waals surface area contributed by atoms with E-state index in [2.05, 4.69) is 30.7 Å². The van der Waals surface area contributed by atoms with Gasteiger partial charge in [0.25, 0.3) is 5.91 Å². The van der Waals surface area contributed by atoms with Crippen molar-refractivity contribution < 1.29 is 9.53 Å². The van der Waals surface area contributed by atoms with Crippen molar-refractivity contribution in [1.82, 2.24) is 15.4 Å². The third kappa shape index (κ3) is 5.74. The number of thiazole rings is 1. The lowest BCUT2D eigenvalue weighted by atomic mass is 10.3. The van der Waals surface area contributed by atoms with Gasteiger partial charge in [0.05, 0.1) is 28.8 Å². The van der Waals surface area contributed by atoms with Crippen molar-refractivity contribution in [3.05, 3.63) is 78.6 Å². The van der Waals surface area contributed by atoms with Crippen molar-refractivity contribution in [2.75, 3.05) is 12.9 Å². The summed E-state index contributed by atoms with van der Waals surface area (Å²) < 4.78 is 7.06. The topological polar surface area (TPSA) is 101 Å². The molecule has 0 bridgehead atoms. The molecule has 0 aliphatic heterocycles. The smallest absolute Gasteiger partial charge is 0.250 e. The fourth-order valence-corrected chi connectivity index (χ4v) is 4.44. The van der Waals surface area contributed by atoms with E-state index >= 15 is 0 Å². The minimum atomic E-state index is -0.268. The van der Waals surface area contributed by atoms with Gasteiger partial charge < -0.3 is 4.74 Å². The van der Waals surface area contributed by atoms with Gasteiger partial charge in [0.1, 0.15) is 5.75 Å². The van der Waals surface area contributed by atoms with Crippen molar-refractivity contribution in [3.8, 4) is 5.75 Å². The lowest BCUT2D eigenvalue weighted by Crippen LogP contribution is -2.21. The number of nitrogens with zero attached hydrogens (tertiary/aromatic N) is 5. The zero-order chi connectivity index (χ0) is 22.2. The minimum absolute atomic E-state index is 0.180. The summed E-state index contributed by atoms with van der Waals surface area (Å²) in [5, 5.41) is 12.6. The van der Waals surface area contributed by atoms with Crippen LogP contribution in [-0.4, -0.2) is 34.6 Å². The van der Waals surface area contributed by atoms with E-state index in [1.807, 2.05) is 24.3 Å². The molecular weight excluding hydrogens is 444 g/mol. The Bertz CT molecular complexity index is 1220. The molecule has 2 heterocycles. The molecule has 0 saturated heterocycles. The molecule has 1 N–H and O–H groups in total. The highest BCUT2D eigenvalue weighted by atomic mass is 32.2. The second-order valence-electron chi connectivity index (χ2n) is 6.35. The van der Waals surface area contributed by atoms with Crippen LogP contribution in [0.3, 0.4) is 0 Å². The number of rotatable bonds is 7. The molecule has 0 atom stereocenters. The van der Waals surface area contributed by atoms with Gasteiger partial charge in [-0.2, -0.15) is 5.10 Å². The van der Waals surface area contributed by atoms with Crippen molar-refractivity contribution in [2.24, 2.45) is 15.3 Å². The van der Waals surface area contributed by atoms with E-state index in [9.17, 15) is 4.79 Å². The molecule has 0 radical (unpaired) electrons. The minimum Gasteiger partial charge on any atom is -0.497 e. The predicted molar refractivity (Wildman–Crippen MR) is 127 cm³/mol. The summed E-state index contributed by atoms with van der Waals surface area (Å²) in [4.78, 5) is 21.0. The molecule has 8 nitrogen and oxygen atoms in total. The van der Waals surface area contributed by atoms with E-state index in [0.29, 0.717) is 11.3 Å². The Labute approximate surface area is 192 Å². The Morgan fingerprint density at radius 3 is 2.72 bits per heavy atom. The molecule has 0 spiro atoms. The molecule has 4 aromatic rings. The van der Waals surface area contributed by atoms with Crippen molar-refractivity contribution >= 4 is 50.7 Å². The number of fused-ring (bicyclic) bond motifs is 1. The number of hydrogen-bond acceptors (Lipinski definition) is 8. The van der Waals surface area contributed by atoms with Crippen LogP contribution in [-0.2, 0) is 4.79 Å². The highest BCUT2D eigenvalue weighted by molar-refractivity contribution is 8.01. The summed E-state index contributed by atoms with van der Waals surface area (Å²) in [6, 6.07) is 18.6. The van der Waals surface area contributed by atoms with Crippen molar-refractivity contribution in [2.45, 2.75) is 4.34 Å². The van der Waals surface area contributed by atoms with Crippen molar-refractivity contribution in [3.63, 3.8) is 0 Å². The number of amidine groups is 1. The van der Waals surface area contributed by atoms with E-state index < -0.39 is 0 Å². The van der Waals surface area contributed by atoms with Crippen molar-refractivity contribution in [1.29, 1.82) is 0 Å². The highest BCUT2D eigenvalue weighted by Gasteiger charge is 2.09. The normalized spacial score (nSPS) is 11.7. The van der Waals surface area contributed by atoms with Crippen LogP contribution in [0.5, 0.6) is 5.75 Å². The van der Waals surface area contributed by atoms with E-state index in [4.69, 9.17) is 4.74 Å². The molecule has 4 rings (SSSR count). The quantitative estimate of drug-likeness (QED) is 0.136. The fourth-order valence-electron chi connectivity index (χ4n) is 2.58. The van der Waals surface area contributed by atoms with Crippen LogP contribution in [0.2, 0.25) is 0 Å². The molecule has 0 aliphatic carbocycles. The maximum atomic E-state index is 12.3. The fraction of sp³-hybridized carbons (Fsp3) is 0.0909. The number of thioether (sulfide) groups is 1. The summed E-state index contributed by atoms with van der Waals surface area (Å²) in [5.74, 6) is 0.879. The number of benzene rings is 2. The Morgan fingerprint density at radius 1 is 1.12 bits per heavy atom. The second kappa shape index (κ2) is 10.6. The van der Waals surface area contributed by atoms with Crippen LogP contribution in [0.4, 0.5) is 5.69 Å². The van der Waals surface area contributed by atoms with E-state index in [0.717, 1.165) is 20.3 Å². The number of para-hydroxylation sites is 1. The van der Waals surface area contributed by atoms with Crippen LogP contribution < -0.4 is 10.2 Å². The number of aromatic nitrogens is 2. The molecule has 0 aliphatic rings. The van der Waals surface area contributed by atoms with Gasteiger partial charge in [0.2, 0.25) is 5.84 Å². The number of amides is 1. The van der Waals surface area contributed by atoms with Gasteiger partial charge in [-0.3, -0.25) is 9.78 Å². The predicted octanol–water partition coefficient (Wildman–Crippen LogP) is 5.05. The van der Waals surface area contributed by atoms with Crippen LogP contribution in [0.25, 0.3) is 10.2 Å². The number of pyridine rings is 1. The van der Waals surface area contributed by atoms with Gasteiger partial charge in [-0.1, -0.05) is 23.9 Å². The molecule has 160 valence electrons. The maximum absolute atomic E-state index is 12.3. The first-order valence-electron chi connectivity index (χ1n) is 9.52. The SMILES string of the molecule is COc1ccc(N=N/C(=N/NC(=O)CSc2nc3ccccc3s2)c2cccnc2)cc1. The number of azo groups is 1. The first kappa shape index (κ1) is 21.6. The average Bonchev–Trinajstić information content (AvgIpc) is 3.27. The van der Waals surface area contributed by atoms with Crippen LogP contribution in [0.15, 0.2) is 92.7 Å². The van der Waals surface area contributed by atoms with Gasteiger partial charge in [-0.05, 0) is 48.5 Å². The Morgan fingerprint density at radius 2 is 1.97 bits per heavy atom. The highest BCUT2D eigenvalue weighted by Crippen LogP contribution is 2.29. The van der Waals surface area contributed by atoms with Gasteiger partial charge in [0.15, 0.2) is 4.34 Å². The zero-order valence-corrected chi connectivity index (χ0v) is 18.6. The van der Waals surface area contributed by atoms with E-state index in [-0.39, 0.29) is 17.5 Å². The number of hydrazone groups is 1. The second-order valence-corrected chi connectivity index (χ2v) is 8.60. The molecule has 0 fully saturated rings. The molecule has 32 heavy (non-hydrogen) atoms. The third-order valence-electron chi connectivity index (χ3n) is 4.14. The summed E-state index contributed by atoms with van der Waals surface area (Å²) in [6.07, 6.45) is 3.25. The van der Waals surface area contributed by atoms with E-state index in [1.54, 1.807) is 67.2 Å². The number of carbonyl (C=O) groups is 1. The van der Waals surface area contributed by atoms with Crippen LogP contribution >= 0.6 is 23.1 Å². The Kier molecular flexibility index (Phi) is 7.15. The lowest BCUT2D eigenvalue weighted by Gasteiger charge is -2.02.